The van der Waals surface area contributed by atoms with Crippen molar-refractivity contribution in [3.8, 4) is 40.1 Å². The van der Waals surface area contributed by atoms with Gasteiger partial charge in [-0.05, 0) is 61.5 Å². The molecule has 0 fully saturated rings. The molecule has 3 aromatic carbocycles. The van der Waals surface area contributed by atoms with Crippen molar-refractivity contribution in [2.24, 2.45) is 0 Å². The Morgan fingerprint density at radius 3 is 2.45 bits per heavy atom. The number of nitrogens with zero attached hydrogens (tertiary/aromatic N) is 2. The highest BCUT2D eigenvalue weighted by atomic mass is 16.5. The molecule has 8 nitrogen and oxygen atoms in total. The predicted octanol–water partition coefficient (Wildman–Crippen LogP) is 5.07. The van der Waals surface area contributed by atoms with Gasteiger partial charge in [-0.15, -0.1) is 0 Å². The molecular weight excluding hydrogens is 422 g/mol. The summed E-state index contributed by atoms with van der Waals surface area (Å²) in [6.07, 6.45) is 0. The first-order valence-corrected chi connectivity index (χ1v) is 10.3. The Hall–Kier alpha value is -4.33. The van der Waals surface area contributed by atoms with Gasteiger partial charge in [0.2, 0.25) is 5.82 Å². The molecule has 0 atom stereocenters. The van der Waals surface area contributed by atoms with E-state index in [4.69, 9.17) is 18.7 Å². The summed E-state index contributed by atoms with van der Waals surface area (Å²) in [6.45, 7) is 2.50. The molecule has 1 N–H and O–H groups in total. The van der Waals surface area contributed by atoms with Crippen molar-refractivity contribution in [3.05, 3.63) is 72.3 Å². The molecule has 4 aromatic rings. The molecule has 1 aromatic heterocycles. The van der Waals surface area contributed by atoms with E-state index in [1.807, 2.05) is 13.0 Å². The zero-order chi connectivity index (χ0) is 23.2. The maximum Gasteiger partial charge on any atom is 0.259 e. The lowest BCUT2D eigenvalue weighted by Gasteiger charge is -2.09. The van der Waals surface area contributed by atoms with Crippen LogP contribution >= 0.6 is 0 Å². The number of hydrogen-bond donors (Lipinski definition) is 1. The Kier molecular flexibility index (Phi) is 6.54. The normalized spacial score (nSPS) is 10.5. The number of amides is 1. The molecule has 0 radical (unpaired) electrons. The SMILES string of the molecule is CCOc1ccc(NC(=O)c2ccccc2-c2nc(-c3ccc(OC)c(OC)c3)no2)cc1. The molecule has 0 saturated heterocycles. The number of nitrogens with one attached hydrogen (secondary N) is 1. The van der Waals surface area contributed by atoms with Crippen molar-refractivity contribution in [2.75, 3.05) is 26.1 Å². The first-order valence-electron chi connectivity index (χ1n) is 10.3. The van der Waals surface area contributed by atoms with Crippen LogP contribution in [-0.2, 0) is 0 Å². The number of carbonyl (C=O) groups is 1. The summed E-state index contributed by atoms with van der Waals surface area (Å²) >= 11 is 0. The lowest BCUT2D eigenvalue weighted by Crippen LogP contribution is -2.13. The van der Waals surface area contributed by atoms with Gasteiger partial charge in [0.15, 0.2) is 11.5 Å². The second-order valence-corrected chi connectivity index (χ2v) is 6.95. The van der Waals surface area contributed by atoms with E-state index in [0.717, 1.165) is 5.75 Å². The monoisotopic (exact) mass is 445 g/mol. The summed E-state index contributed by atoms with van der Waals surface area (Å²) in [6, 6.07) is 19.6. The summed E-state index contributed by atoms with van der Waals surface area (Å²) in [5.74, 6) is 2.20. The van der Waals surface area contributed by atoms with Crippen LogP contribution in [-0.4, -0.2) is 36.9 Å². The molecule has 0 aliphatic rings. The molecule has 33 heavy (non-hydrogen) atoms. The van der Waals surface area contributed by atoms with Crippen LogP contribution in [0.2, 0.25) is 0 Å². The van der Waals surface area contributed by atoms with Gasteiger partial charge in [-0.2, -0.15) is 4.98 Å². The van der Waals surface area contributed by atoms with Crippen LogP contribution in [0.3, 0.4) is 0 Å². The lowest BCUT2D eigenvalue weighted by atomic mass is 10.1. The van der Waals surface area contributed by atoms with E-state index < -0.39 is 0 Å². The Balaban J connectivity index is 1.59. The number of rotatable bonds is 8. The van der Waals surface area contributed by atoms with Gasteiger partial charge in [-0.25, -0.2) is 0 Å². The molecule has 0 saturated carbocycles. The topological polar surface area (TPSA) is 95.7 Å². The minimum Gasteiger partial charge on any atom is -0.494 e. The van der Waals surface area contributed by atoms with Crippen molar-refractivity contribution in [3.63, 3.8) is 0 Å². The molecule has 0 bridgehead atoms. The fourth-order valence-corrected chi connectivity index (χ4v) is 3.29. The maximum absolute atomic E-state index is 13.0. The molecule has 0 spiro atoms. The van der Waals surface area contributed by atoms with Crippen LogP contribution in [0.5, 0.6) is 17.2 Å². The first kappa shape index (κ1) is 21.9. The number of anilines is 1. The molecule has 0 unspecified atom stereocenters. The molecule has 0 aliphatic heterocycles. The highest BCUT2D eigenvalue weighted by Crippen LogP contribution is 2.32. The average molecular weight is 445 g/mol. The van der Waals surface area contributed by atoms with E-state index in [2.05, 4.69) is 15.5 Å². The molecule has 0 aliphatic carbocycles. The van der Waals surface area contributed by atoms with Crippen LogP contribution in [0, 0.1) is 0 Å². The molecule has 1 heterocycles. The zero-order valence-electron chi connectivity index (χ0n) is 18.5. The molecule has 168 valence electrons. The van der Waals surface area contributed by atoms with E-state index in [1.165, 1.54) is 0 Å². The van der Waals surface area contributed by atoms with E-state index in [9.17, 15) is 4.79 Å². The minimum absolute atomic E-state index is 0.234. The van der Waals surface area contributed by atoms with Gasteiger partial charge >= 0.3 is 0 Å². The highest BCUT2D eigenvalue weighted by Gasteiger charge is 2.19. The Morgan fingerprint density at radius 2 is 1.73 bits per heavy atom. The van der Waals surface area contributed by atoms with Crippen LogP contribution in [0.1, 0.15) is 17.3 Å². The van der Waals surface area contributed by atoms with E-state index in [-0.39, 0.29) is 11.8 Å². The van der Waals surface area contributed by atoms with Gasteiger partial charge in [0.05, 0.1) is 32.0 Å². The molecular formula is C25H23N3O5. The van der Waals surface area contributed by atoms with Crippen LogP contribution in [0.25, 0.3) is 22.8 Å². The summed E-state index contributed by atoms with van der Waals surface area (Å²) in [5.41, 5.74) is 2.28. The number of hydrogen-bond acceptors (Lipinski definition) is 7. The highest BCUT2D eigenvalue weighted by molar-refractivity contribution is 6.08. The van der Waals surface area contributed by atoms with Gasteiger partial charge in [0.1, 0.15) is 5.75 Å². The summed E-state index contributed by atoms with van der Waals surface area (Å²) in [5, 5.41) is 6.97. The molecule has 8 heteroatoms. The van der Waals surface area contributed by atoms with Crippen LogP contribution < -0.4 is 19.5 Å². The van der Waals surface area contributed by atoms with Gasteiger partial charge in [-0.1, -0.05) is 17.3 Å². The second-order valence-electron chi connectivity index (χ2n) is 6.95. The summed E-state index contributed by atoms with van der Waals surface area (Å²) in [4.78, 5) is 17.5. The van der Waals surface area contributed by atoms with Crippen molar-refractivity contribution in [1.29, 1.82) is 0 Å². The quantitative estimate of drug-likeness (QED) is 0.404. The summed E-state index contributed by atoms with van der Waals surface area (Å²) < 4.78 is 21.5. The Bertz CT molecular complexity index is 1250. The fraction of sp³-hybridized carbons (Fsp3) is 0.160. The molecule has 4 rings (SSSR count). The number of benzene rings is 3. The van der Waals surface area contributed by atoms with Crippen LogP contribution in [0.4, 0.5) is 5.69 Å². The Morgan fingerprint density at radius 1 is 0.970 bits per heavy atom. The Labute approximate surface area is 191 Å². The fourth-order valence-electron chi connectivity index (χ4n) is 3.29. The largest absolute Gasteiger partial charge is 0.494 e. The predicted molar refractivity (Wildman–Crippen MR) is 124 cm³/mol. The standard InChI is InChI=1S/C25H23N3O5/c1-4-32-18-12-10-17(11-13-18)26-24(29)19-7-5-6-8-20(19)25-27-23(28-33-25)16-9-14-21(30-2)22(15-16)31-3/h5-15H,4H2,1-3H3,(H,26,29). The van der Waals surface area contributed by atoms with E-state index in [1.54, 1.807) is 74.9 Å². The van der Waals surface area contributed by atoms with Gasteiger partial charge in [0.25, 0.3) is 11.8 Å². The first-order chi connectivity index (χ1) is 16.1. The maximum atomic E-state index is 13.0. The second kappa shape index (κ2) is 9.86. The van der Waals surface area contributed by atoms with Crippen molar-refractivity contribution >= 4 is 11.6 Å². The third-order valence-electron chi connectivity index (χ3n) is 4.89. The zero-order valence-corrected chi connectivity index (χ0v) is 18.5. The smallest absolute Gasteiger partial charge is 0.259 e. The number of ether oxygens (including phenoxy) is 3. The summed E-state index contributed by atoms with van der Waals surface area (Å²) in [7, 11) is 3.13. The van der Waals surface area contributed by atoms with Crippen LogP contribution in [0.15, 0.2) is 71.3 Å². The van der Waals surface area contributed by atoms with Crippen molar-refractivity contribution in [2.45, 2.75) is 6.92 Å². The van der Waals surface area contributed by atoms with Gasteiger partial charge in [0, 0.05) is 11.3 Å². The van der Waals surface area contributed by atoms with E-state index in [0.29, 0.717) is 46.3 Å². The van der Waals surface area contributed by atoms with E-state index >= 15 is 0 Å². The third kappa shape index (κ3) is 4.79. The van der Waals surface area contributed by atoms with Crippen molar-refractivity contribution in [1.82, 2.24) is 10.1 Å². The number of methoxy groups -OCH3 is 2. The number of aromatic nitrogens is 2. The van der Waals surface area contributed by atoms with Gasteiger partial charge in [-0.3, -0.25) is 4.79 Å². The van der Waals surface area contributed by atoms with Gasteiger partial charge < -0.3 is 24.1 Å². The molecule has 1 amide bonds. The minimum atomic E-state index is -0.291. The number of carbonyl (C=O) groups excluding carboxylic acids is 1. The average Bonchev–Trinajstić information content (AvgIpc) is 3.35. The third-order valence-corrected chi connectivity index (χ3v) is 4.89. The lowest BCUT2D eigenvalue weighted by molar-refractivity contribution is 0.102. The van der Waals surface area contributed by atoms with Crippen molar-refractivity contribution < 1.29 is 23.5 Å².